The minimum Gasteiger partial charge on any atom is -0.383 e. The predicted octanol–water partition coefficient (Wildman–Crippen LogP) is 4.24. The minimum absolute atomic E-state index is 0.181. The number of fused-ring (bicyclic) bond motifs is 1. The molecule has 0 aromatic carbocycles. The fourth-order valence-corrected chi connectivity index (χ4v) is 4.55. The first-order chi connectivity index (χ1) is 15.0. The van der Waals surface area contributed by atoms with Crippen LogP contribution in [0.2, 0.25) is 0 Å². The van der Waals surface area contributed by atoms with Gasteiger partial charge in [0.15, 0.2) is 0 Å². The molecule has 1 aliphatic rings. The molecule has 0 aliphatic heterocycles. The van der Waals surface area contributed by atoms with Crippen LogP contribution in [0.15, 0.2) is 30.6 Å². The number of likely N-dealkylation sites (N-methyl/N-ethyl adjacent to an activating group) is 1. The van der Waals surface area contributed by atoms with Crippen molar-refractivity contribution in [2.24, 2.45) is 0 Å². The lowest BCUT2D eigenvalue weighted by atomic mass is 9.85. The number of aryl methyl sites for hydroxylation is 1. The fourth-order valence-electron chi connectivity index (χ4n) is 4.55. The molecule has 3 aromatic rings. The van der Waals surface area contributed by atoms with Gasteiger partial charge in [-0.05, 0) is 63.3 Å². The van der Waals surface area contributed by atoms with E-state index in [1.54, 1.807) is 7.11 Å². The normalized spacial score (nSPS) is 20.2. The summed E-state index contributed by atoms with van der Waals surface area (Å²) in [5.41, 5.74) is 5.61. The summed E-state index contributed by atoms with van der Waals surface area (Å²) in [4.78, 5) is 11.1. The van der Waals surface area contributed by atoms with Crippen molar-refractivity contribution in [2.45, 2.75) is 57.6 Å². The summed E-state index contributed by atoms with van der Waals surface area (Å²) >= 11 is 0. The van der Waals surface area contributed by atoms with E-state index in [-0.39, 0.29) is 6.04 Å². The number of rotatable bonds is 7. The first kappa shape index (κ1) is 21.7. The Morgan fingerprint density at radius 2 is 1.94 bits per heavy atom. The van der Waals surface area contributed by atoms with Crippen LogP contribution in [0, 0.1) is 6.92 Å². The van der Waals surface area contributed by atoms with Crippen LogP contribution >= 0.6 is 0 Å². The van der Waals surface area contributed by atoms with Gasteiger partial charge in [0.05, 0.1) is 30.5 Å². The van der Waals surface area contributed by atoms with Gasteiger partial charge in [-0.15, -0.1) is 5.10 Å². The van der Waals surface area contributed by atoms with Gasteiger partial charge in [-0.3, -0.25) is 4.98 Å². The summed E-state index contributed by atoms with van der Waals surface area (Å²) in [6.45, 7) is 4.76. The molecule has 3 aromatic heterocycles. The van der Waals surface area contributed by atoms with E-state index in [0.29, 0.717) is 24.6 Å². The fraction of sp³-hybridized carbons (Fsp3) is 0.542. The average molecular weight is 424 g/mol. The number of hydrogen-bond donors (Lipinski definition) is 0. The molecule has 166 valence electrons. The zero-order valence-corrected chi connectivity index (χ0v) is 19.2. The Bertz CT molecular complexity index is 1030. The van der Waals surface area contributed by atoms with Crippen molar-refractivity contribution in [3.05, 3.63) is 42.0 Å². The monoisotopic (exact) mass is 423 g/mol. The van der Waals surface area contributed by atoms with Gasteiger partial charge in [0.1, 0.15) is 0 Å². The minimum atomic E-state index is 0.181. The Labute approximate surface area is 184 Å². The van der Waals surface area contributed by atoms with Crippen molar-refractivity contribution in [1.29, 1.82) is 0 Å². The molecule has 0 N–H and O–H groups in total. The third-order valence-electron chi connectivity index (χ3n) is 6.55. The molecule has 1 fully saturated rings. The zero-order chi connectivity index (χ0) is 22.0. The maximum Gasteiger partial charge on any atom is 0.243 e. The quantitative estimate of drug-likeness (QED) is 0.566. The number of methoxy groups -OCH3 is 2. The average Bonchev–Trinajstić information content (AvgIpc) is 3.17. The molecule has 1 atom stereocenters. The summed E-state index contributed by atoms with van der Waals surface area (Å²) < 4.78 is 13.0. The van der Waals surface area contributed by atoms with Crippen LogP contribution < -0.4 is 4.90 Å². The van der Waals surface area contributed by atoms with Crippen molar-refractivity contribution in [3.63, 3.8) is 0 Å². The summed E-state index contributed by atoms with van der Waals surface area (Å²) in [6.07, 6.45) is 8.57. The second kappa shape index (κ2) is 9.32. The second-order valence-corrected chi connectivity index (χ2v) is 8.65. The van der Waals surface area contributed by atoms with Crippen LogP contribution in [0.4, 0.5) is 5.95 Å². The van der Waals surface area contributed by atoms with Gasteiger partial charge in [0, 0.05) is 50.3 Å². The van der Waals surface area contributed by atoms with E-state index in [1.165, 1.54) is 5.69 Å². The molecule has 3 heterocycles. The summed E-state index contributed by atoms with van der Waals surface area (Å²) in [6, 6.07) is 6.68. The Balaban J connectivity index is 1.79. The molecule has 0 bridgehead atoms. The van der Waals surface area contributed by atoms with E-state index in [2.05, 4.69) is 39.5 Å². The Morgan fingerprint density at radius 1 is 1.16 bits per heavy atom. The summed E-state index contributed by atoms with van der Waals surface area (Å²) in [5.74, 6) is 1.16. The van der Waals surface area contributed by atoms with Gasteiger partial charge in [0.2, 0.25) is 5.95 Å². The lowest BCUT2D eigenvalue weighted by molar-refractivity contribution is 0.0653. The molecule has 1 saturated carbocycles. The maximum absolute atomic E-state index is 5.59. The van der Waals surface area contributed by atoms with Gasteiger partial charge in [-0.1, -0.05) is 0 Å². The standard InChI is InChI=1S/C24H33N5O2/c1-16-12-19(10-11-25-16)21-13-22(18-6-8-20(31-5)9-7-18)29-23(21)14-26-24(27-29)28(3)17(2)15-30-4/h10-14,17-18,20H,6-9,15H2,1-5H3/t17-,18?,20?/m0/s1. The van der Waals surface area contributed by atoms with Gasteiger partial charge >= 0.3 is 0 Å². The highest BCUT2D eigenvalue weighted by Crippen LogP contribution is 2.38. The third-order valence-corrected chi connectivity index (χ3v) is 6.55. The van der Waals surface area contributed by atoms with Crippen LogP contribution in [0.3, 0.4) is 0 Å². The molecule has 7 nitrogen and oxygen atoms in total. The van der Waals surface area contributed by atoms with Crippen molar-refractivity contribution in [2.75, 3.05) is 32.8 Å². The molecule has 4 rings (SSSR count). The smallest absolute Gasteiger partial charge is 0.243 e. The molecular weight excluding hydrogens is 390 g/mol. The molecule has 1 aliphatic carbocycles. The number of anilines is 1. The lowest BCUT2D eigenvalue weighted by Gasteiger charge is -2.28. The van der Waals surface area contributed by atoms with E-state index in [1.807, 2.05) is 33.5 Å². The Kier molecular flexibility index (Phi) is 6.53. The second-order valence-electron chi connectivity index (χ2n) is 8.65. The molecule has 7 heteroatoms. The van der Waals surface area contributed by atoms with Gasteiger partial charge in [-0.2, -0.15) is 0 Å². The van der Waals surface area contributed by atoms with Crippen LogP contribution in [0.5, 0.6) is 0 Å². The highest BCUT2D eigenvalue weighted by molar-refractivity contribution is 5.81. The first-order valence-corrected chi connectivity index (χ1v) is 11.1. The summed E-state index contributed by atoms with van der Waals surface area (Å²) in [5, 5.41) is 4.99. The van der Waals surface area contributed by atoms with E-state index in [9.17, 15) is 0 Å². The molecule has 0 saturated heterocycles. The van der Waals surface area contributed by atoms with Gasteiger partial charge in [0.25, 0.3) is 0 Å². The van der Waals surface area contributed by atoms with Crippen molar-refractivity contribution in [1.82, 2.24) is 19.6 Å². The first-order valence-electron chi connectivity index (χ1n) is 11.1. The predicted molar refractivity (Wildman–Crippen MR) is 123 cm³/mol. The van der Waals surface area contributed by atoms with E-state index >= 15 is 0 Å². The zero-order valence-electron chi connectivity index (χ0n) is 19.2. The number of aromatic nitrogens is 4. The molecule has 31 heavy (non-hydrogen) atoms. The number of ether oxygens (including phenoxy) is 2. The molecule has 0 spiro atoms. The van der Waals surface area contributed by atoms with E-state index in [4.69, 9.17) is 19.6 Å². The Hall–Kier alpha value is -2.51. The van der Waals surface area contributed by atoms with Crippen LogP contribution in [-0.4, -0.2) is 59.6 Å². The number of hydrogen-bond acceptors (Lipinski definition) is 6. The largest absolute Gasteiger partial charge is 0.383 e. The van der Waals surface area contributed by atoms with Crippen LogP contribution in [-0.2, 0) is 9.47 Å². The van der Waals surface area contributed by atoms with Crippen molar-refractivity contribution >= 4 is 11.5 Å². The third kappa shape index (κ3) is 4.43. The SMILES string of the molecule is COC[C@H](C)N(C)c1ncc2c(-c3ccnc(C)c3)cc(C3CCC(OC)CC3)n2n1. The van der Waals surface area contributed by atoms with Gasteiger partial charge in [-0.25, -0.2) is 9.50 Å². The maximum atomic E-state index is 5.59. The van der Waals surface area contributed by atoms with Gasteiger partial charge < -0.3 is 14.4 Å². The van der Waals surface area contributed by atoms with Crippen LogP contribution in [0.1, 0.15) is 49.9 Å². The van der Waals surface area contributed by atoms with Crippen molar-refractivity contribution in [3.8, 4) is 11.1 Å². The highest BCUT2D eigenvalue weighted by atomic mass is 16.5. The van der Waals surface area contributed by atoms with E-state index < -0.39 is 0 Å². The van der Waals surface area contributed by atoms with Crippen molar-refractivity contribution < 1.29 is 9.47 Å². The molecule has 0 unspecified atom stereocenters. The lowest BCUT2D eigenvalue weighted by Crippen LogP contribution is -2.34. The van der Waals surface area contributed by atoms with Crippen LogP contribution in [0.25, 0.3) is 16.6 Å². The number of pyridine rings is 1. The molecule has 0 amide bonds. The highest BCUT2D eigenvalue weighted by Gasteiger charge is 2.27. The van der Waals surface area contributed by atoms with E-state index in [0.717, 1.165) is 48.0 Å². The topological polar surface area (TPSA) is 64.8 Å². The molecule has 0 radical (unpaired) electrons. The summed E-state index contributed by atoms with van der Waals surface area (Å²) in [7, 11) is 5.56. The molecular formula is C24H33N5O2. The number of nitrogens with zero attached hydrogens (tertiary/aromatic N) is 5. The Morgan fingerprint density at radius 3 is 2.61 bits per heavy atom.